The number of aliphatic hydroxyl groups is 1. The van der Waals surface area contributed by atoms with Crippen LogP contribution in [-0.4, -0.2) is 22.2 Å². The van der Waals surface area contributed by atoms with Gasteiger partial charge in [-0.25, -0.2) is 4.98 Å². The van der Waals surface area contributed by atoms with Gasteiger partial charge >= 0.3 is 0 Å². The van der Waals surface area contributed by atoms with Gasteiger partial charge in [0.15, 0.2) is 0 Å². The second kappa shape index (κ2) is 5.68. The Morgan fingerprint density at radius 2 is 2.33 bits per heavy atom. The van der Waals surface area contributed by atoms with Crippen molar-refractivity contribution in [2.75, 3.05) is 6.61 Å². The van der Waals surface area contributed by atoms with E-state index >= 15 is 0 Å². The van der Waals surface area contributed by atoms with Gasteiger partial charge in [0.1, 0.15) is 5.01 Å². The fourth-order valence-electron chi connectivity index (χ4n) is 2.25. The molecule has 0 bridgehead atoms. The van der Waals surface area contributed by atoms with Gasteiger partial charge in [-0.3, -0.25) is 0 Å². The van der Waals surface area contributed by atoms with Crippen molar-refractivity contribution >= 4 is 11.3 Å². The molecule has 1 aliphatic rings. The number of nitrogens with zero attached hydrogens (tertiary/aromatic N) is 1. The first-order chi connectivity index (χ1) is 8.56. The maximum Gasteiger partial charge on any atom is 0.107 e. The zero-order valence-electron chi connectivity index (χ0n) is 11.6. The molecular formula is C14H24N2OS. The third-order valence-corrected chi connectivity index (χ3v) is 5.15. The summed E-state index contributed by atoms with van der Waals surface area (Å²) >= 11 is 1.85. The van der Waals surface area contributed by atoms with Crippen molar-refractivity contribution in [1.82, 2.24) is 10.3 Å². The van der Waals surface area contributed by atoms with Crippen LogP contribution in [-0.2, 0) is 19.4 Å². The molecule has 1 aromatic rings. The monoisotopic (exact) mass is 268 g/mol. The van der Waals surface area contributed by atoms with Gasteiger partial charge in [0.25, 0.3) is 0 Å². The predicted molar refractivity (Wildman–Crippen MR) is 75.9 cm³/mol. The number of fused-ring (bicyclic) bond motifs is 1. The van der Waals surface area contributed by atoms with Gasteiger partial charge in [-0.15, -0.1) is 11.3 Å². The minimum absolute atomic E-state index is 0.172. The van der Waals surface area contributed by atoms with E-state index in [2.05, 4.69) is 26.1 Å². The highest BCUT2D eigenvalue weighted by Crippen LogP contribution is 2.29. The lowest BCUT2D eigenvalue weighted by Crippen LogP contribution is -2.44. The van der Waals surface area contributed by atoms with Gasteiger partial charge in [-0.05, 0) is 38.5 Å². The molecule has 0 radical (unpaired) electrons. The van der Waals surface area contributed by atoms with Crippen molar-refractivity contribution in [1.29, 1.82) is 0 Å². The molecule has 0 aromatic carbocycles. The van der Waals surface area contributed by atoms with Crippen molar-refractivity contribution in [2.45, 2.75) is 58.5 Å². The molecule has 0 saturated carbocycles. The average Bonchev–Trinajstić information content (AvgIpc) is 2.78. The van der Waals surface area contributed by atoms with Gasteiger partial charge in [0, 0.05) is 17.0 Å². The molecule has 1 aromatic heterocycles. The van der Waals surface area contributed by atoms with Gasteiger partial charge in [0.2, 0.25) is 0 Å². The van der Waals surface area contributed by atoms with Gasteiger partial charge in [-0.2, -0.15) is 0 Å². The van der Waals surface area contributed by atoms with Crippen LogP contribution in [0.2, 0.25) is 0 Å². The molecule has 2 unspecified atom stereocenters. The molecule has 0 aliphatic heterocycles. The zero-order chi connectivity index (χ0) is 13.2. The van der Waals surface area contributed by atoms with Crippen LogP contribution >= 0.6 is 11.3 Å². The van der Waals surface area contributed by atoms with Crippen molar-refractivity contribution in [3.63, 3.8) is 0 Å². The molecule has 2 N–H and O–H groups in total. The van der Waals surface area contributed by atoms with Crippen LogP contribution < -0.4 is 5.32 Å². The summed E-state index contributed by atoms with van der Waals surface area (Å²) in [5.74, 6) is 0.803. The molecule has 2 atom stereocenters. The van der Waals surface area contributed by atoms with E-state index in [1.54, 1.807) is 0 Å². The highest BCUT2D eigenvalue weighted by molar-refractivity contribution is 7.11. The summed E-state index contributed by atoms with van der Waals surface area (Å²) in [6.07, 6.45) is 4.52. The smallest absolute Gasteiger partial charge is 0.107 e. The number of aliphatic hydroxyl groups excluding tert-OH is 1. The van der Waals surface area contributed by atoms with Gasteiger partial charge in [0.05, 0.1) is 12.3 Å². The molecule has 102 valence electrons. The molecule has 1 aliphatic carbocycles. The van der Waals surface area contributed by atoms with E-state index in [1.165, 1.54) is 28.4 Å². The standard InChI is InChI=1S/C14H24N2OS/c1-4-14(3,9-17)15-8-13-16-11-6-5-10(2)7-12(11)18-13/h10,15,17H,4-9H2,1-3H3. The molecule has 4 heteroatoms. The van der Waals surface area contributed by atoms with E-state index in [-0.39, 0.29) is 12.1 Å². The van der Waals surface area contributed by atoms with E-state index < -0.39 is 0 Å². The molecular weight excluding hydrogens is 244 g/mol. The Morgan fingerprint density at radius 3 is 3.00 bits per heavy atom. The number of thiazole rings is 1. The molecule has 1 heterocycles. The fourth-order valence-corrected chi connectivity index (χ4v) is 3.47. The normalized spacial score (nSPS) is 22.6. The Labute approximate surface area is 114 Å². The molecule has 3 nitrogen and oxygen atoms in total. The Hall–Kier alpha value is -0.450. The molecule has 0 amide bonds. The Morgan fingerprint density at radius 1 is 1.56 bits per heavy atom. The molecule has 2 rings (SSSR count). The Bertz CT molecular complexity index is 398. The number of hydrogen-bond acceptors (Lipinski definition) is 4. The summed E-state index contributed by atoms with van der Waals surface area (Å²) in [5, 5.41) is 14.0. The maximum absolute atomic E-state index is 9.38. The van der Waals surface area contributed by atoms with Crippen molar-refractivity contribution in [3.8, 4) is 0 Å². The average molecular weight is 268 g/mol. The van der Waals surface area contributed by atoms with E-state index in [0.29, 0.717) is 0 Å². The van der Waals surface area contributed by atoms with Crippen LogP contribution in [0.3, 0.4) is 0 Å². The lowest BCUT2D eigenvalue weighted by atomic mass is 9.93. The van der Waals surface area contributed by atoms with Crippen LogP contribution in [0, 0.1) is 5.92 Å². The van der Waals surface area contributed by atoms with Crippen LogP contribution in [0.4, 0.5) is 0 Å². The molecule has 18 heavy (non-hydrogen) atoms. The van der Waals surface area contributed by atoms with Crippen molar-refractivity contribution < 1.29 is 5.11 Å². The van der Waals surface area contributed by atoms with E-state index in [4.69, 9.17) is 4.98 Å². The van der Waals surface area contributed by atoms with Crippen LogP contribution in [0.25, 0.3) is 0 Å². The summed E-state index contributed by atoms with van der Waals surface area (Å²) in [6, 6.07) is 0. The first kappa shape index (κ1) is 14.0. The zero-order valence-corrected chi connectivity index (χ0v) is 12.4. The maximum atomic E-state index is 9.38. The SMILES string of the molecule is CCC(C)(CO)NCc1nc2c(s1)CC(C)CC2. The first-order valence-electron chi connectivity index (χ1n) is 6.89. The lowest BCUT2D eigenvalue weighted by molar-refractivity contribution is 0.169. The first-order valence-corrected chi connectivity index (χ1v) is 7.71. The third-order valence-electron chi connectivity index (χ3n) is 4.03. The molecule has 0 fully saturated rings. The summed E-state index contributed by atoms with van der Waals surface area (Å²) < 4.78 is 0. The summed E-state index contributed by atoms with van der Waals surface area (Å²) in [7, 11) is 0. The Balaban J connectivity index is 1.99. The summed E-state index contributed by atoms with van der Waals surface area (Å²) in [5.41, 5.74) is 1.14. The van der Waals surface area contributed by atoms with Crippen molar-refractivity contribution in [2.24, 2.45) is 5.92 Å². The molecule has 0 saturated heterocycles. The summed E-state index contributed by atoms with van der Waals surface area (Å²) in [6.45, 7) is 7.42. The van der Waals surface area contributed by atoms with E-state index in [0.717, 1.165) is 25.3 Å². The van der Waals surface area contributed by atoms with E-state index in [1.807, 2.05) is 11.3 Å². The predicted octanol–water partition coefficient (Wildman–Crippen LogP) is 2.52. The quantitative estimate of drug-likeness (QED) is 0.862. The highest BCUT2D eigenvalue weighted by Gasteiger charge is 2.23. The third kappa shape index (κ3) is 3.11. The van der Waals surface area contributed by atoms with Crippen LogP contribution in [0.1, 0.15) is 49.2 Å². The Kier molecular flexibility index (Phi) is 4.41. The van der Waals surface area contributed by atoms with E-state index in [9.17, 15) is 5.11 Å². The number of nitrogens with one attached hydrogen (secondary N) is 1. The molecule has 0 spiro atoms. The van der Waals surface area contributed by atoms with Crippen LogP contribution in [0.5, 0.6) is 0 Å². The van der Waals surface area contributed by atoms with Crippen LogP contribution in [0.15, 0.2) is 0 Å². The fraction of sp³-hybridized carbons (Fsp3) is 0.786. The largest absolute Gasteiger partial charge is 0.394 e. The number of rotatable bonds is 5. The van der Waals surface area contributed by atoms with Gasteiger partial charge in [-0.1, -0.05) is 13.8 Å². The minimum Gasteiger partial charge on any atom is -0.394 e. The number of hydrogen-bond donors (Lipinski definition) is 2. The van der Waals surface area contributed by atoms with Gasteiger partial charge < -0.3 is 10.4 Å². The minimum atomic E-state index is -0.181. The lowest BCUT2D eigenvalue weighted by Gasteiger charge is -2.26. The number of aromatic nitrogens is 1. The van der Waals surface area contributed by atoms with Crippen molar-refractivity contribution in [3.05, 3.63) is 15.6 Å². The second-order valence-electron chi connectivity index (χ2n) is 5.75. The summed E-state index contributed by atoms with van der Waals surface area (Å²) in [4.78, 5) is 6.21. The number of aryl methyl sites for hydroxylation is 1. The topological polar surface area (TPSA) is 45.1 Å². The highest BCUT2D eigenvalue weighted by atomic mass is 32.1. The second-order valence-corrected chi connectivity index (χ2v) is 6.92.